The van der Waals surface area contributed by atoms with Gasteiger partial charge in [-0.1, -0.05) is 0 Å². The number of carbonyl (C=O) groups is 1. The number of sulfonamides is 1. The van der Waals surface area contributed by atoms with Crippen molar-refractivity contribution in [3.63, 3.8) is 0 Å². The average Bonchev–Trinajstić information content (AvgIpc) is 2.86. The fourth-order valence-electron chi connectivity index (χ4n) is 2.17. The van der Waals surface area contributed by atoms with Gasteiger partial charge in [0, 0.05) is 12.4 Å². The number of pyridine rings is 1. The van der Waals surface area contributed by atoms with Crippen LogP contribution in [0.4, 0.5) is 5.69 Å². The summed E-state index contributed by atoms with van der Waals surface area (Å²) in [6.07, 6.45) is 3.41. The molecule has 3 rings (SSSR count). The number of hydrogen-bond donors (Lipinski definition) is 2. The van der Waals surface area contributed by atoms with E-state index in [0.29, 0.717) is 5.69 Å². The van der Waals surface area contributed by atoms with E-state index in [2.05, 4.69) is 9.71 Å². The molecule has 0 bridgehead atoms. The van der Waals surface area contributed by atoms with Gasteiger partial charge in [0.2, 0.25) is 0 Å². The zero-order valence-electron chi connectivity index (χ0n) is 12.1. The Morgan fingerprint density at radius 3 is 2.48 bits per heavy atom. The lowest BCUT2D eigenvalue weighted by molar-refractivity contribution is 0.0696. The zero-order valence-corrected chi connectivity index (χ0v) is 12.9. The van der Waals surface area contributed by atoms with Crippen LogP contribution >= 0.6 is 0 Å². The van der Waals surface area contributed by atoms with Gasteiger partial charge in [-0.2, -0.15) is 0 Å². The van der Waals surface area contributed by atoms with Crippen LogP contribution in [0.25, 0.3) is 5.65 Å². The molecule has 0 spiro atoms. The van der Waals surface area contributed by atoms with Gasteiger partial charge < -0.3 is 9.51 Å². The van der Waals surface area contributed by atoms with E-state index in [1.807, 2.05) is 6.92 Å². The first kappa shape index (κ1) is 15.0. The second-order valence-corrected chi connectivity index (χ2v) is 6.68. The molecule has 118 valence electrons. The molecule has 8 heteroatoms. The van der Waals surface area contributed by atoms with Crippen molar-refractivity contribution in [3.05, 3.63) is 60.0 Å². The molecule has 0 fully saturated rings. The monoisotopic (exact) mass is 331 g/mol. The van der Waals surface area contributed by atoms with E-state index in [4.69, 9.17) is 5.11 Å². The normalized spacial score (nSPS) is 11.5. The number of rotatable bonds is 4. The molecule has 0 aliphatic carbocycles. The summed E-state index contributed by atoms with van der Waals surface area (Å²) in [7, 11) is -3.79. The lowest BCUT2D eigenvalue weighted by Crippen LogP contribution is -2.13. The topological polar surface area (TPSA) is 101 Å². The maximum atomic E-state index is 12.3. The third-order valence-corrected chi connectivity index (χ3v) is 4.63. The lowest BCUT2D eigenvalue weighted by atomic mass is 10.2. The molecule has 0 radical (unpaired) electrons. The molecule has 2 N–H and O–H groups in total. The van der Waals surface area contributed by atoms with Crippen molar-refractivity contribution in [3.8, 4) is 0 Å². The Morgan fingerprint density at radius 2 is 1.83 bits per heavy atom. The SMILES string of the molecule is Cc1cn2cc(NS(=O)(=O)c3ccc(C(=O)O)cc3)ccc2n1. The van der Waals surface area contributed by atoms with Crippen LogP contribution in [0.2, 0.25) is 0 Å². The Labute approximate surface area is 132 Å². The van der Waals surface area contributed by atoms with E-state index in [0.717, 1.165) is 11.3 Å². The Kier molecular flexibility index (Phi) is 3.53. The first-order chi connectivity index (χ1) is 10.8. The molecule has 0 saturated carbocycles. The van der Waals surface area contributed by atoms with E-state index in [-0.39, 0.29) is 10.5 Å². The van der Waals surface area contributed by atoms with Crippen molar-refractivity contribution in [1.82, 2.24) is 9.38 Å². The Hall–Kier alpha value is -2.87. The van der Waals surface area contributed by atoms with Crippen LogP contribution in [0.5, 0.6) is 0 Å². The lowest BCUT2D eigenvalue weighted by Gasteiger charge is -2.08. The van der Waals surface area contributed by atoms with Gasteiger partial charge in [-0.15, -0.1) is 0 Å². The van der Waals surface area contributed by atoms with Gasteiger partial charge in [-0.25, -0.2) is 18.2 Å². The Morgan fingerprint density at radius 1 is 1.13 bits per heavy atom. The number of aromatic carboxylic acids is 1. The smallest absolute Gasteiger partial charge is 0.335 e. The van der Waals surface area contributed by atoms with Crippen molar-refractivity contribution >= 4 is 27.3 Å². The molecule has 2 heterocycles. The van der Waals surface area contributed by atoms with Crippen LogP contribution in [0.1, 0.15) is 16.1 Å². The van der Waals surface area contributed by atoms with Crippen LogP contribution < -0.4 is 4.72 Å². The Balaban J connectivity index is 1.90. The van der Waals surface area contributed by atoms with Crippen molar-refractivity contribution < 1.29 is 18.3 Å². The van der Waals surface area contributed by atoms with Crippen molar-refractivity contribution in [1.29, 1.82) is 0 Å². The summed E-state index contributed by atoms with van der Waals surface area (Å²) in [4.78, 5) is 15.1. The molecule has 3 aromatic rings. The number of nitrogens with one attached hydrogen (secondary N) is 1. The highest BCUT2D eigenvalue weighted by atomic mass is 32.2. The fourth-order valence-corrected chi connectivity index (χ4v) is 3.21. The second-order valence-electron chi connectivity index (χ2n) is 5.00. The first-order valence-electron chi connectivity index (χ1n) is 6.67. The number of carboxylic acid groups (broad SMARTS) is 1. The maximum Gasteiger partial charge on any atom is 0.335 e. The summed E-state index contributed by atoms with van der Waals surface area (Å²) < 4.78 is 28.9. The summed E-state index contributed by atoms with van der Waals surface area (Å²) in [5.74, 6) is -1.11. The summed E-state index contributed by atoms with van der Waals surface area (Å²) in [5, 5.41) is 8.84. The second kappa shape index (κ2) is 5.40. The largest absolute Gasteiger partial charge is 0.478 e. The minimum absolute atomic E-state index is 0.00981. The summed E-state index contributed by atoms with van der Waals surface area (Å²) in [5.41, 5.74) is 1.96. The molecule has 0 unspecified atom stereocenters. The number of hydrogen-bond acceptors (Lipinski definition) is 4. The van der Waals surface area contributed by atoms with Crippen LogP contribution in [0, 0.1) is 6.92 Å². The van der Waals surface area contributed by atoms with Crippen molar-refractivity contribution in [2.45, 2.75) is 11.8 Å². The van der Waals surface area contributed by atoms with Crippen LogP contribution in [0.3, 0.4) is 0 Å². The number of carboxylic acids is 1. The number of nitrogens with zero attached hydrogens (tertiary/aromatic N) is 2. The molecule has 0 amide bonds. The molecule has 0 aliphatic heterocycles. The number of aryl methyl sites for hydroxylation is 1. The zero-order chi connectivity index (χ0) is 16.6. The Bertz CT molecular complexity index is 991. The summed E-state index contributed by atoms with van der Waals surface area (Å²) >= 11 is 0. The number of fused-ring (bicyclic) bond motifs is 1. The van der Waals surface area contributed by atoms with E-state index in [9.17, 15) is 13.2 Å². The third kappa shape index (κ3) is 3.02. The van der Waals surface area contributed by atoms with Gasteiger partial charge in [-0.05, 0) is 43.3 Å². The standard InChI is InChI=1S/C15H13N3O4S/c1-10-8-18-9-12(4-7-14(18)16-10)17-23(21,22)13-5-2-11(3-6-13)15(19)20/h2-9,17H,1H3,(H,19,20). The average molecular weight is 331 g/mol. The highest BCUT2D eigenvalue weighted by Gasteiger charge is 2.15. The highest BCUT2D eigenvalue weighted by Crippen LogP contribution is 2.18. The third-order valence-electron chi connectivity index (χ3n) is 3.24. The van der Waals surface area contributed by atoms with Crippen LogP contribution in [0.15, 0.2) is 53.7 Å². The van der Waals surface area contributed by atoms with Gasteiger partial charge in [0.15, 0.2) is 0 Å². The predicted molar refractivity (Wildman–Crippen MR) is 84.1 cm³/mol. The minimum Gasteiger partial charge on any atom is -0.478 e. The molecule has 0 aliphatic rings. The molecule has 0 saturated heterocycles. The molecular formula is C15H13N3O4S. The number of benzene rings is 1. The number of imidazole rings is 1. The van der Waals surface area contributed by atoms with Gasteiger partial charge in [-0.3, -0.25) is 4.72 Å². The molecule has 0 atom stereocenters. The van der Waals surface area contributed by atoms with E-state index >= 15 is 0 Å². The number of anilines is 1. The number of aromatic nitrogens is 2. The van der Waals surface area contributed by atoms with Gasteiger partial charge in [0.05, 0.1) is 21.8 Å². The maximum absolute atomic E-state index is 12.3. The summed E-state index contributed by atoms with van der Waals surface area (Å²) in [6, 6.07) is 8.33. The van der Waals surface area contributed by atoms with Gasteiger partial charge in [0.1, 0.15) is 5.65 Å². The molecule has 23 heavy (non-hydrogen) atoms. The minimum atomic E-state index is -3.79. The highest BCUT2D eigenvalue weighted by molar-refractivity contribution is 7.92. The first-order valence-corrected chi connectivity index (χ1v) is 8.15. The van der Waals surface area contributed by atoms with E-state index in [1.165, 1.54) is 24.3 Å². The van der Waals surface area contributed by atoms with Crippen molar-refractivity contribution in [2.75, 3.05) is 4.72 Å². The molecule has 7 nitrogen and oxygen atoms in total. The van der Waals surface area contributed by atoms with E-state index in [1.54, 1.807) is 28.9 Å². The van der Waals surface area contributed by atoms with Gasteiger partial charge >= 0.3 is 5.97 Å². The van der Waals surface area contributed by atoms with Crippen LogP contribution in [-0.4, -0.2) is 28.9 Å². The molecule has 1 aromatic carbocycles. The molecular weight excluding hydrogens is 318 g/mol. The predicted octanol–water partition coefficient (Wildman–Crippen LogP) is 2.14. The van der Waals surface area contributed by atoms with E-state index < -0.39 is 16.0 Å². The summed E-state index contributed by atoms with van der Waals surface area (Å²) in [6.45, 7) is 1.85. The van der Waals surface area contributed by atoms with Gasteiger partial charge in [0.25, 0.3) is 10.0 Å². The van der Waals surface area contributed by atoms with Crippen LogP contribution in [-0.2, 0) is 10.0 Å². The molecule has 2 aromatic heterocycles. The fraction of sp³-hybridized carbons (Fsp3) is 0.0667. The quantitative estimate of drug-likeness (QED) is 0.763. The van der Waals surface area contributed by atoms with Crippen molar-refractivity contribution in [2.24, 2.45) is 0 Å².